The summed E-state index contributed by atoms with van der Waals surface area (Å²) in [4.78, 5) is -0.325. The first-order valence-electron chi connectivity index (χ1n) is 8.98. The van der Waals surface area contributed by atoms with Crippen LogP contribution in [-0.4, -0.2) is 18.1 Å². The number of aromatic hydroxyl groups is 1. The summed E-state index contributed by atoms with van der Waals surface area (Å²) in [6.45, 7) is 2.18. The summed E-state index contributed by atoms with van der Waals surface area (Å²) in [5.74, 6) is 0.163. The summed E-state index contributed by atoms with van der Waals surface area (Å²) in [6, 6.07) is 10.9. The Kier molecular flexibility index (Phi) is 7.48. The van der Waals surface area contributed by atoms with Gasteiger partial charge in [0.1, 0.15) is 10.6 Å². The molecular weight excluding hydrogens is 352 g/mol. The lowest BCUT2D eigenvalue weighted by atomic mass is 10.0. The van der Waals surface area contributed by atoms with Gasteiger partial charge in [-0.15, -0.1) is 0 Å². The second kappa shape index (κ2) is 9.59. The molecule has 0 aliphatic carbocycles. The molecule has 2 aromatic carbocycles. The second-order valence-electron chi connectivity index (χ2n) is 6.31. The van der Waals surface area contributed by atoms with Gasteiger partial charge in [0, 0.05) is 0 Å². The smallest absolute Gasteiger partial charge is 0.298 e. The summed E-state index contributed by atoms with van der Waals surface area (Å²) in [6.07, 6.45) is 7.63. The van der Waals surface area contributed by atoms with Crippen LogP contribution in [0.25, 0.3) is 0 Å². The van der Waals surface area contributed by atoms with Gasteiger partial charge in [-0.3, -0.25) is 4.55 Å². The Bertz CT molecular complexity index is 815. The van der Waals surface area contributed by atoms with Crippen molar-refractivity contribution in [1.82, 2.24) is 0 Å². The highest BCUT2D eigenvalue weighted by Gasteiger charge is 2.19. The van der Waals surface area contributed by atoms with Gasteiger partial charge in [-0.1, -0.05) is 63.3 Å². The number of hydrogen-bond donors (Lipinski definition) is 2. The zero-order valence-electron chi connectivity index (χ0n) is 15.0. The van der Waals surface area contributed by atoms with E-state index >= 15 is 0 Å². The van der Waals surface area contributed by atoms with Gasteiger partial charge >= 0.3 is 0 Å². The van der Waals surface area contributed by atoms with E-state index in [0.29, 0.717) is 0 Å². The van der Waals surface area contributed by atoms with Crippen molar-refractivity contribution in [3.63, 3.8) is 0 Å². The molecule has 0 spiro atoms. The van der Waals surface area contributed by atoms with E-state index in [1.165, 1.54) is 49.9 Å². The Morgan fingerprint density at radius 3 is 2.35 bits per heavy atom. The first-order valence-corrected chi connectivity index (χ1v) is 10.4. The molecule has 26 heavy (non-hydrogen) atoms. The number of hydrogen-bond acceptors (Lipinski definition) is 4. The van der Waals surface area contributed by atoms with Crippen molar-refractivity contribution in [3.05, 3.63) is 48.0 Å². The summed E-state index contributed by atoms with van der Waals surface area (Å²) < 4.78 is 38.1. The van der Waals surface area contributed by atoms with Crippen molar-refractivity contribution >= 4 is 10.1 Å². The highest BCUT2D eigenvalue weighted by atomic mass is 32.2. The van der Waals surface area contributed by atoms with Crippen LogP contribution in [-0.2, 0) is 16.5 Å². The van der Waals surface area contributed by atoms with Crippen molar-refractivity contribution in [2.24, 2.45) is 0 Å². The lowest BCUT2D eigenvalue weighted by Gasteiger charge is -2.14. The largest absolute Gasteiger partial charge is 0.504 e. The van der Waals surface area contributed by atoms with Gasteiger partial charge in [-0.05, 0) is 36.6 Å². The number of unbranched alkanes of at least 4 members (excludes halogenated alkanes) is 5. The van der Waals surface area contributed by atoms with E-state index in [4.69, 9.17) is 4.74 Å². The van der Waals surface area contributed by atoms with Gasteiger partial charge < -0.3 is 9.84 Å². The lowest BCUT2D eigenvalue weighted by molar-refractivity contribution is 0.397. The van der Waals surface area contributed by atoms with E-state index in [0.717, 1.165) is 24.8 Å². The van der Waals surface area contributed by atoms with E-state index in [1.54, 1.807) is 12.1 Å². The Labute approximate surface area is 155 Å². The van der Waals surface area contributed by atoms with Gasteiger partial charge in [-0.2, -0.15) is 8.42 Å². The number of benzene rings is 2. The monoisotopic (exact) mass is 378 g/mol. The first kappa shape index (κ1) is 20.3. The third-order valence-corrected chi connectivity index (χ3v) is 5.11. The molecule has 0 radical (unpaired) electrons. The predicted octanol–water partition coefficient (Wildman–Crippen LogP) is 5.33. The van der Waals surface area contributed by atoms with Gasteiger partial charge in [0.05, 0.1) is 0 Å². The van der Waals surface area contributed by atoms with Crippen LogP contribution in [0.5, 0.6) is 17.2 Å². The molecule has 5 nitrogen and oxygen atoms in total. The molecule has 0 unspecified atom stereocenters. The van der Waals surface area contributed by atoms with E-state index in [9.17, 15) is 18.1 Å². The SMILES string of the molecule is CCCCCCCCc1cccc(O)c1Oc1ccccc1S(=O)(=O)O. The van der Waals surface area contributed by atoms with Gasteiger partial charge in [0.25, 0.3) is 10.1 Å². The second-order valence-corrected chi connectivity index (χ2v) is 7.70. The first-order chi connectivity index (χ1) is 12.4. The van der Waals surface area contributed by atoms with Gasteiger partial charge in [-0.25, -0.2) is 0 Å². The molecule has 0 saturated carbocycles. The standard InChI is InChI=1S/C20H26O5S/c1-2-3-4-5-6-7-11-16-12-10-13-17(21)20(16)25-18-14-8-9-15-19(18)26(22,23)24/h8-10,12-15,21H,2-7,11H2,1H3,(H,22,23,24). The molecule has 0 bridgehead atoms. The number of rotatable bonds is 10. The molecule has 142 valence electrons. The van der Waals surface area contributed by atoms with Gasteiger partial charge in [0.15, 0.2) is 11.5 Å². The van der Waals surface area contributed by atoms with Crippen molar-refractivity contribution in [1.29, 1.82) is 0 Å². The number of aryl methyl sites for hydroxylation is 1. The van der Waals surface area contributed by atoms with Crippen LogP contribution in [0.4, 0.5) is 0 Å². The molecule has 0 fully saturated rings. The van der Waals surface area contributed by atoms with Crippen LogP contribution in [0.15, 0.2) is 47.4 Å². The molecule has 2 N–H and O–H groups in total. The summed E-state index contributed by atoms with van der Waals surface area (Å²) in [5, 5.41) is 10.2. The van der Waals surface area contributed by atoms with Gasteiger partial charge in [0.2, 0.25) is 0 Å². The molecular formula is C20H26O5S. The Balaban J connectivity index is 2.15. The maximum atomic E-state index is 11.5. The maximum Gasteiger partial charge on any atom is 0.298 e. The number of ether oxygens (including phenoxy) is 1. The van der Waals surface area contributed by atoms with E-state index in [2.05, 4.69) is 6.92 Å². The van der Waals surface area contributed by atoms with Crippen LogP contribution in [0.1, 0.15) is 51.0 Å². The number of phenols is 1. The van der Waals surface area contributed by atoms with Crippen LogP contribution < -0.4 is 4.74 Å². The van der Waals surface area contributed by atoms with E-state index < -0.39 is 10.1 Å². The van der Waals surface area contributed by atoms with E-state index in [-0.39, 0.29) is 22.1 Å². The Morgan fingerprint density at radius 1 is 0.923 bits per heavy atom. The zero-order chi connectivity index (χ0) is 19.0. The Hall–Kier alpha value is -2.05. The number of para-hydroxylation sites is 2. The quantitative estimate of drug-likeness (QED) is 0.431. The average molecular weight is 378 g/mol. The zero-order valence-corrected chi connectivity index (χ0v) is 15.8. The average Bonchev–Trinajstić information content (AvgIpc) is 2.60. The predicted molar refractivity (Wildman–Crippen MR) is 102 cm³/mol. The molecule has 0 amide bonds. The maximum absolute atomic E-state index is 11.5. The van der Waals surface area contributed by atoms with E-state index in [1.807, 2.05) is 6.07 Å². The highest BCUT2D eigenvalue weighted by molar-refractivity contribution is 7.86. The molecule has 0 aliphatic heterocycles. The molecule has 0 atom stereocenters. The Morgan fingerprint density at radius 2 is 1.62 bits per heavy atom. The molecule has 0 heterocycles. The summed E-state index contributed by atoms with van der Waals surface area (Å²) in [7, 11) is -4.42. The van der Waals surface area contributed by atoms with Crippen molar-refractivity contribution in [2.45, 2.75) is 56.8 Å². The molecule has 6 heteroatoms. The molecule has 0 saturated heterocycles. The minimum absolute atomic E-state index is 0.0132. The third kappa shape index (κ3) is 5.75. The molecule has 0 aromatic heterocycles. The van der Waals surface area contributed by atoms with Crippen LogP contribution >= 0.6 is 0 Å². The molecule has 0 aliphatic rings. The lowest BCUT2D eigenvalue weighted by Crippen LogP contribution is -2.02. The summed E-state index contributed by atoms with van der Waals surface area (Å²) >= 11 is 0. The number of phenolic OH excluding ortho intramolecular Hbond substituents is 1. The fourth-order valence-electron chi connectivity index (χ4n) is 2.84. The van der Waals surface area contributed by atoms with Crippen molar-refractivity contribution in [3.8, 4) is 17.2 Å². The fourth-order valence-corrected chi connectivity index (χ4v) is 3.45. The normalized spacial score (nSPS) is 11.5. The summed E-state index contributed by atoms with van der Waals surface area (Å²) in [5.41, 5.74) is 0.811. The van der Waals surface area contributed by atoms with Crippen LogP contribution in [0.3, 0.4) is 0 Å². The third-order valence-electron chi connectivity index (χ3n) is 4.21. The van der Waals surface area contributed by atoms with Crippen molar-refractivity contribution < 1.29 is 22.8 Å². The minimum atomic E-state index is -4.42. The highest BCUT2D eigenvalue weighted by Crippen LogP contribution is 2.37. The molecule has 2 rings (SSSR count). The topological polar surface area (TPSA) is 83.8 Å². The van der Waals surface area contributed by atoms with Crippen LogP contribution in [0, 0.1) is 0 Å². The van der Waals surface area contributed by atoms with Crippen LogP contribution in [0.2, 0.25) is 0 Å². The fraction of sp³-hybridized carbons (Fsp3) is 0.400. The van der Waals surface area contributed by atoms with Crippen molar-refractivity contribution in [2.75, 3.05) is 0 Å². The minimum Gasteiger partial charge on any atom is -0.504 e. The molecule has 2 aromatic rings.